The Morgan fingerprint density at radius 2 is 1.87 bits per heavy atom. The van der Waals surface area contributed by atoms with Crippen LogP contribution in [0.2, 0.25) is 0 Å². The predicted molar refractivity (Wildman–Crippen MR) is 113 cm³/mol. The molecule has 2 amide bonds. The largest absolute Gasteiger partial charge is 0.496 e. The molecule has 158 valence electrons. The molecule has 1 heterocycles. The van der Waals surface area contributed by atoms with E-state index >= 15 is 0 Å². The van der Waals surface area contributed by atoms with Crippen LogP contribution < -0.4 is 15.5 Å². The molecule has 1 aromatic heterocycles. The number of methoxy groups -OCH3 is 1. The zero-order valence-electron chi connectivity index (χ0n) is 16.6. The van der Waals surface area contributed by atoms with E-state index in [9.17, 15) is 19.7 Å². The van der Waals surface area contributed by atoms with Gasteiger partial charge in [-0.1, -0.05) is 0 Å². The lowest BCUT2D eigenvalue weighted by Crippen LogP contribution is -2.17. The van der Waals surface area contributed by atoms with Crippen LogP contribution in [0.15, 0.2) is 64.1 Å². The summed E-state index contributed by atoms with van der Waals surface area (Å²) >= 11 is 0. The number of ether oxygens (including phenoxy) is 1. The van der Waals surface area contributed by atoms with Gasteiger partial charge in [0.2, 0.25) is 5.91 Å². The molecule has 0 radical (unpaired) electrons. The molecule has 0 atom stereocenters. The van der Waals surface area contributed by atoms with Crippen LogP contribution in [0.25, 0.3) is 11.3 Å². The number of anilines is 1. The lowest BCUT2D eigenvalue weighted by molar-refractivity contribution is -0.384. The Bertz CT molecular complexity index is 1150. The maximum Gasteiger partial charge on any atom is 0.271 e. The van der Waals surface area contributed by atoms with Gasteiger partial charge in [0.05, 0.1) is 23.8 Å². The quantitative estimate of drug-likeness (QED) is 0.339. The first-order chi connectivity index (χ1) is 14.9. The normalized spacial score (nSPS) is 10.6. The maximum atomic E-state index is 12.2. The summed E-state index contributed by atoms with van der Waals surface area (Å²) in [6, 6.07) is 13.7. The van der Waals surface area contributed by atoms with E-state index < -0.39 is 10.8 Å². The number of benzene rings is 2. The number of rotatable bonds is 7. The molecule has 0 saturated heterocycles. The monoisotopic (exact) mass is 422 g/mol. The number of hydrogen-bond donors (Lipinski definition) is 2. The van der Waals surface area contributed by atoms with Gasteiger partial charge in [0.15, 0.2) is 0 Å². The summed E-state index contributed by atoms with van der Waals surface area (Å²) in [6.07, 6.45) is 1.30. The van der Waals surface area contributed by atoms with Crippen molar-refractivity contribution in [2.75, 3.05) is 12.4 Å². The number of nitro groups is 1. The second-order valence-corrected chi connectivity index (χ2v) is 6.30. The molecule has 2 aromatic carbocycles. The first-order valence-electron chi connectivity index (χ1n) is 9.01. The summed E-state index contributed by atoms with van der Waals surface area (Å²) < 4.78 is 10.9. The molecular formula is C21H18N4O6. The molecule has 0 bridgehead atoms. The summed E-state index contributed by atoms with van der Waals surface area (Å²) in [4.78, 5) is 33.7. The van der Waals surface area contributed by atoms with Crippen LogP contribution >= 0.6 is 0 Å². The predicted octanol–water partition coefficient (Wildman–Crippen LogP) is 3.59. The number of nitrogens with zero attached hydrogens (tertiary/aromatic N) is 2. The number of hydrogen-bond acceptors (Lipinski definition) is 7. The van der Waals surface area contributed by atoms with Crippen molar-refractivity contribution >= 4 is 29.4 Å². The Hall–Kier alpha value is -4.47. The lowest BCUT2D eigenvalue weighted by atomic mass is 10.1. The Morgan fingerprint density at radius 1 is 1.13 bits per heavy atom. The molecule has 10 nitrogen and oxygen atoms in total. The summed E-state index contributed by atoms with van der Waals surface area (Å²) in [5.41, 5.74) is 3.62. The average molecular weight is 422 g/mol. The van der Waals surface area contributed by atoms with Crippen molar-refractivity contribution in [2.45, 2.75) is 6.92 Å². The molecule has 0 spiro atoms. The zero-order chi connectivity index (χ0) is 22.4. The Balaban J connectivity index is 1.68. The topological polar surface area (TPSA) is 136 Å². The second-order valence-electron chi connectivity index (χ2n) is 6.30. The van der Waals surface area contributed by atoms with Crippen LogP contribution in [0, 0.1) is 10.1 Å². The van der Waals surface area contributed by atoms with E-state index in [2.05, 4.69) is 15.8 Å². The van der Waals surface area contributed by atoms with E-state index in [0.717, 1.165) is 0 Å². The fraction of sp³-hybridized carbons (Fsp3) is 0.0952. The SMILES string of the molecule is COc1ccc([N+](=O)[O-])cc1-c1ccc(C=NNC(=O)c2ccc(NC(C)=O)cc2)o1. The number of hydrazone groups is 1. The summed E-state index contributed by atoms with van der Waals surface area (Å²) in [5, 5.41) is 17.5. The molecule has 0 aliphatic heterocycles. The van der Waals surface area contributed by atoms with Gasteiger partial charge in [-0.2, -0.15) is 5.10 Å². The van der Waals surface area contributed by atoms with Gasteiger partial charge in [-0.15, -0.1) is 0 Å². The molecule has 0 fully saturated rings. The average Bonchev–Trinajstić information content (AvgIpc) is 3.22. The number of furan rings is 1. The van der Waals surface area contributed by atoms with Gasteiger partial charge in [-0.05, 0) is 42.5 Å². The smallest absolute Gasteiger partial charge is 0.271 e. The van der Waals surface area contributed by atoms with E-state index in [4.69, 9.17) is 9.15 Å². The summed E-state index contributed by atoms with van der Waals surface area (Å²) in [5.74, 6) is 0.436. The molecule has 0 aliphatic rings. The number of carbonyl (C=O) groups is 2. The number of carbonyl (C=O) groups excluding carboxylic acids is 2. The van der Waals surface area contributed by atoms with Crippen molar-refractivity contribution in [2.24, 2.45) is 5.10 Å². The highest BCUT2D eigenvalue weighted by molar-refractivity contribution is 5.96. The minimum absolute atomic E-state index is 0.0980. The van der Waals surface area contributed by atoms with Crippen molar-refractivity contribution in [3.05, 3.63) is 76.0 Å². The van der Waals surface area contributed by atoms with Crippen LogP contribution in [0.4, 0.5) is 11.4 Å². The molecule has 10 heteroatoms. The van der Waals surface area contributed by atoms with Gasteiger partial charge in [-0.3, -0.25) is 19.7 Å². The minimum atomic E-state index is -0.507. The van der Waals surface area contributed by atoms with Gasteiger partial charge in [0.1, 0.15) is 17.3 Å². The van der Waals surface area contributed by atoms with Gasteiger partial charge < -0.3 is 14.5 Å². The summed E-state index contributed by atoms with van der Waals surface area (Å²) in [7, 11) is 1.45. The molecule has 2 N–H and O–H groups in total. The molecule has 0 saturated carbocycles. The van der Waals surface area contributed by atoms with E-state index in [-0.39, 0.29) is 11.6 Å². The summed E-state index contributed by atoms with van der Waals surface area (Å²) in [6.45, 7) is 1.39. The third kappa shape index (κ3) is 5.32. The van der Waals surface area contributed by atoms with E-state index in [1.165, 1.54) is 38.4 Å². The van der Waals surface area contributed by atoms with Crippen molar-refractivity contribution in [1.82, 2.24) is 5.43 Å². The first-order valence-corrected chi connectivity index (χ1v) is 9.01. The third-order valence-corrected chi connectivity index (χ3v) is 4.11. The van der Waals surface area contributed by atoms with Crippen LogP contribution in [0.1, 0.15) is 23.0 Å². The van der Waals surface area contributed by atoms with Crippen molar-refractivity contribution < 1.29 is 23.7 Å². The van der Waals surface area contributed by atoms with Gasteiger partial charge in [-0.25, -0.2) is 5.43 Å². The second kappa shape index (κ2) is 9.35. The first kappa shape index (κ1) is 21.2. The fourth-order valence-electron chi connectivity index (χ4n) is 2.70. The number of nitrogens with one attached hydrogen (secondary N) is 2. The third-order valence-electron chi connectivity index (χ3n) is 4.11. The fourth-order valence-corrected chi connectivity index (χ4v) is 2.70. The number of nitro benzene ring substituents is 1. The highest BCUT2D eigenvalue weighted by Gasteiger charge is 2.15. The highest BCUT2D eigenvalue weighted by atomic mass is 16.6. The van der Waals surface area contributed by atoms with Gasteiger partial charge in [0, 0.05) is 30.3 Å². The van der Waals surface area contributed by atoms with Crippen LogP contribution in [0.5, 0.6) is 5.75 Å². The Kier molecular flexibility index (Phi) is 6.41. The lowest BCUT2D eigenvalue weighted by Gasteiger charge is -2.05. The van der Waals surface area contributed by atoms with Crippen molar-refractivity contribution in [3.63, 3.8) is 0 Å². The molecule has 0 unspecified atom stereocenters. The maximum absolute atomic E-state index is 12.2. The van der Waals surface area contributed by atoms with Gasteiger partial charge >= 0.3 is 0 Å². The van der Waals surface area contributed by atoms with Crippen LogP contribution in [-0.2, 0) is 4.79 Å². The number of amides is 2. The molecule has 3 rings (SSSR count). The zero-order valence-corrected chi connectivity index (χ0v) is 16.6. The highest BCUT2D eigenvalue weighted by Crippen LogP contribution is 2.34. The molecular weight excluding hydrogens is 404 g/mol. The minimum Gasteiger partial charge on any atom is -0.496 e. The van der Waals surface area contributed by atoms with E-state index in [1.54, 1.807) is 36.4 Å². The molecule has 0 aliphatic carbocycles. The standard InChI is InChI=1S/C21H18N4O6/c1-13(26)23-15-5-3-14(4-6-15)21(27)24-22-12-17-8-10-20(31-17)18-11-16(25(28)29)7-9-19(18)30-2/h3-12H,1-2H3,(H,23,26)(H,24,27). The Labute approximate surface area is 176 Å². The van der Waals surface area contributed by atoms with E-state index in [0.29, 0.717) is 34.1 Å². The van der Waals surface area contributed by atoms with E-state index in [1.807, 2.05) is 0 Å². The van der Waals surface area contributed by atoms with Crippen LogP contribution in [-0.4, -0.2) is 30.1 Å². The Morgan fingerprint density at radius 3 is 2.52 bits per heavy atom. The van der Waals surface area contributed by atoms with Crippen molar-refractivity contribution in [1.29, 1.82) is 0 Å². The molecule has 31 heavy (non-hydrogen) atoms. The molecule has 3 aromatic rings. The van der Waals surface area contributed by atoms with Crippen LogP contribution in [0.3, 0.4) is 0 Å². The number of non-ortho nitro benzene ring substituents is 1. The van der Waals surface area contributed by atoms with Crippen molar-refractivity contribution in [3.8, 4) is 17.1 Å². The van der Waals surface area contributed by atoms with Gasteiger partial charge in [0.25, 0.3) is 11.6 Å².